The van der Waals surface area contributed by atoms with Crippen LogP contribution in [0.15, 0.2) is 0 Å². The predicted octanol–water partition coefficient (Wildman–Crippen LogP) is -1.41. The van der Waals surface area contributed by atoms with Gasteiger partial charge in [0.2, 0.25) is 12.3 Å². The summed E-state index contributed by atoms with van der Waals surface area (Å²) in [5.74, 6) is -0.0506. The van der Waals surface area contributed by atoms with Crippen LogP contribution in [-0.4, -0.2) is 50.1 Å². The summed E-state index contributed by atoms with van der Waals surface area (Å²) in [5, 5.41) is 2.33. The molecule has 1 rings (SSSR count). The van der Waals surface area contributed by atoms with Crippen molar-refractivity contribution < 1.29 is 14.3 Å². The monoisotopic (exact) mass is 172 g/mol. The van der Waals surface area contributed by atoms with Gasteiger partial charge in [-0.05, 0) is 0 Å². The molecule has 68 valence electrons. The quantitative estimate of drug-likeness (QED) is 0.532. The molecule has 1 aliphatic heterocycles. The minimum absolute atomic E-state index is 0.0506. The minimum Gasteiger partial charge on any atom is -0.378 e. The third kappa shape index (κ3) is 2.50. The molecule has 0 aromatic carbocycles. The first-order chi connectivity index (χ1) is 5.84. The van der Waals surface area contributed by atoms with Crippen LogP contribution in [-0.2, 0) is 14.3 Å². The normalized spacial score (nSPS) is 17.2. The van der Waals surface area contributed by atoms with E-state index >= 15 is 0 Å². The molecule has 1 saturated heterocycles. The van der Waals surface area contributed by atoms with E-state index in [1.165, 1.54) is 0 Å². The van der Waals surface area contributed by atoms with Crippen LogP contribution in [0.5, 0.6) is 0 Å². The second-order valence-corrected chi connectivity index (χ2v) is 2.49. The summed E-state index contributed by atoms with van der Waals surface area (Å²) in [6.07, 6.45) is 0.526. The molecular weight excluding hydrogens is 160 g/mol. The van der Waals surface area contributed by atoms with E-state index in [1.807, 2.05) is 0 Å². The van der Waals surface area contributed by atoms with Crippen molar-refractivity contribution in [3.05, 3.63) is 0 Å². The highest BCUT2D eigenvalue weighted by Crippen LogP contribution is 1.95. The Balaban J connectivity index is 2.24. The Kier molecular flexibility index (Phi) is 3.53. The molecule has 12 heavy (non-hydrogen) atoms. The topological polar surface area (TPSA) is 58.6 Å². The zero-order valence-corrected chi connectivity index (χ0v) is 6.78. The Morgan fingerprint density at radius 3 is 2.75 bits per heavy atom. The fourth-order valence-corrected chi connectivity index (χ4v) is 1.05. The first-order valence-corrected chi connectivity index (χ1v) is 3.87. The highest BCUT2D eigenvalue weighted by molar-refractivity contribution is 5.80. The molecule has 0 spiro atoms. The molecule has 1 N–H and O–H groups in total. The van der Waals surface area contributed by atoms with Gasteiger partial charge in [0.15, 0.2) is 0 Å². The van der Waals surface area contributed by atoms with Crippen molar-refractivity contribution in [2.75, 3.05) is 32.8 Å². The Labute approximate surface area is 70.7 Å². The highest BCUT2D eigenvalue weighted by atomic mass is 16.5. The summed E-state index contributed by atoms with van der Waals surface area (Å²) in [5.41, 5.74) is 0. The molecule has 1 fully saturated rings. The lowest BCUT2D eigenvalue weighted by Crippen LogP contribution is -2.44. The molecule has 2 amide bonds. The SMILES string of the molecule is O=CNCC(=O)N1CCOCC1. The van der Waals surface area contributed by atoms with Gasteiger partial charge in [0.1, 0.15) is 0 Å². The fraction of sp³-hybridized carbons (Fsp3) is 0.714. The maximum Gasteiger partial charge on any atom is 0.242 e. The summed E-state index contributed by atoms with van der Waals surface area (Å²) in [4.78, 5) is 22.8. The van der Waals surface area contributed by atoms with Gasteiger partial charge in [0, 0.05) is 13.1 Å². The summed E-state index contributed by atoms with van der Waals surface area (Å²) in [6, 6.07) is 0. The number of carbonyl (C=O) groups is 2. The van der Waals surface area contributed by atoms with Crippen LogP contribution in [0.4, 0.5) is 0 Å². The van der Waals surface area contributed by atoms with Gasteiger partial charge < -0.3 is 15.0 Å². The van der Waals surface area contributed by atoms with Crippen molar-refractivity contribution in [3.63, 3.8) is 0 Å². The number of hydrogen-bond acceptors (Lipinski definition) is 3. The van der Waals surface area contributed by atoms with Crippen molar-refractivity contribution in [3.8, 4) is 0 Å². The number of hydrogen-bond donors (Lipinski definition) is 1. The zero-order chi connectivity index (χ0) is 8.81. The van der Waals surface area contributed by atoms with Gasteiger partial charge in [0.05, 0.1) is 19.8 Å². The average molecular weight is 172 g/mol. The standard InChI is InChI=1S/C7H12N2O3/c10-6-8-5-7(11)9-1-3-12-4-2-9/h6H,1-5H2,(H,8,10). The first-order valence-electron chi connectivity index (χ1n) is 3.87. The van der Waals surface area contributed by atoms with Crippen LogP contribution in [0.25, 0.3) is 0 Å². The third-order valence-electron chi connectivity index (χ3n) is 1.70. The van der Waals surface area contributed by atoms with Crippen LogP contribution >= 0.6 is 0 Å². The van der Waals surface area contributed by atoms with E-state index in [-0.39, 0.29) is 12.5 Å². The number of morpholine rings is 1. The molecule has 0 radical (unpaired) electrons. The largest absolute Gasteiger partial charge is 0.378 e. The number of amides is 2. The Morgan fingerprint density at radius 1 is 1.50 bits per heavy atom. The minimum atomic E-state index is -0.0506. The summed E-state index contributed by atoms with van der Waals surface area (Å²) in [6.45, 7) is 2.52. The predicted molar refractivity (Wildman–Crippen MR) is 41.5 cm³/mol. The van der Waals surface area contributed by atoms with Crippen LogP contribution in [0.1, 0.15) is 0 Å². The molecular formula is C7H12N2O3. The van der Waals surface area contributed by atoms with Crippen molar-refractivity contribution >= 4 is 12.3 Å². The van der Waals surface area contributed by atoms with E-state index < -0.39 is 0 Å². The van der Waals surface area contributed by atoms with E-state index in [0.717, 1.165) is 0 Å². The van der Waals surface area contributed by atoms with Gasteiger partial charge in [-0.15, -0.1) is 0 Å². The molecule has 0 saturated carbocycles. The Bertz CT molecular complexity index is 166. The molecule has 5 heteroatoms. The molecule has 0 aromatic heterocycles. The lowest BCUT2D eigenvalue weighted by atomic mass is 10.4. The van der Waals surface area contributed by atoms with Crippen LogP contribution in [0.3, 0.4) is 0 Å². The molecule has 5 nitrogen and oxygen atoms in total. The van der Waals surface area contributed by atoms with E-state index in [9.17, 15) is 9.59 Å². The Morgan fingerprint density at radius 2 is 2.17 bits per heavy atom. The number of nitrogens with one attached hydrogen (secondary N) is 1. The van der Waals surface area contributed by atoms with Crippen LogP contribution < -0.4 is 5.32 Å². The maximum absolute atomic E-state index is 11.2. The first kappa shape index (κ1) is 8.99. The number of ether oxygens (including phenoxy) is 1. The summed E-state index contributed by atoms with van der Waals surface area (Å²) in [7, 11) is 0. The molecule has 0 aromatic rings. The molecule has 1 heterocycles. The van der Waals surface area contributed by atoms with E-state index in [4.69, 9.17) is 4.74 Å². The molecule has 0 unspecified atom stereocenters. The van der Waals surface area contributed by atoms with Crippen LogP contribution in [0, 0.1) is 0 Å². The Hall–Kier alpha value is -1.10. The lowest BCUT2D eigenvalue weighted by molar-refractivity contribution is -0.135. The van der Waals surface area contributed by atoms with Crippen molar-refractivity contribution in [1.29, 1.82) is 0 Å². The van der Waals surface area contributed by atoms with Crippen molar-refractivity contribution in [2.45, 2.75) is 0 Å². The number of nitrogens with zero attached hydrogens (tertiary/aromatic N) is 1. The van der Waals surface area contributed by atoms with Crippen molar-refractivity contribution in [2.24, 2.45) is 0 Å². The van der Waals surface area contributed by atoms with Gasteiger partial charge >= 0.3 is 0 Å². The van der Waals surface area contributed by atoms with Crippen molar-refractivity contribution in [1.82, 2.24) is 10.2 Å². The van der Waals surface area contributed by atoms with E-state index in [2.05, 4.69) is 5.32 Å². The van der Waals surface area contributed by atoms with E-state index in [0.29, 0.717) is 32.7 Å². The van der Waals surface area contributed by atoms with Gasteiger partial charge in [-0.2, -0.15) is 0 Å². The van der Waals surface area contributed by atoms with E-state index in [1.54, 1.807) is 4.90 Å². The second-order valence-electron chi connectivity index (χ2n) is 2.49. The number of carbonyl (C=O) groups excluding carboxylic acids is 2. The number of rotatable bonds is 3. The van der Waals surface area contributed by atoms with Crippen LogP contribution in [0.2, 0.25) is 0 Å². The fourth-order valence-electron chi connectivity index (χ4n) is 1.05. The van der Waals surface area contributed by atoms with Gasteiger partial charge in [-0.1, -0.05) is 0 Å². The molecule has 0 aliphatic carbocycles. The summed E-state index contributed by atoms with van der Waals surface area (Å²) >= 11 is 0. The zero-order valence-electron chi connectivity index (χ0n) is 6.78. The lowest BCUT2D eigenvalue weighted by Gasteiger charge is -2.26. The second kappa shape index (κ2) is 4.71. The van der Waals surface area contributed by atoms with Gasteiger partial charge in [0.25, 0.3) is 0 Å². The maximum atomic E-state index is 11.2. The van der Waals surface area contributed by atoms with Gasteiger partial charge in [-0.25, -0.2) is 0 Å². The summed E-state index contributed by atoms with van der Waals surface area (Å²) < 4.78 is 5.07. The highest BCUT2D eigenvalue weighted by Gasteiger charge is 2.15. The smallest absolute Gasteiger partial charge is 0.242 e. The molecule has 0 bridgehead atoms. The third-order valence-corrected chi connectivity index (χ3v) is 1.70. The molecule has 1 aliphatic rings. The average Bonchev–Trinajstić information content (AvgIpc) is 2.15. The van der Waals surface area contributed by atoms with Gasteiger partial charge in [-0.3, -0.25) is 9.59 Å². The molecule has 0 atom stereocenters.